The van der Waals surface area contributed by atoms with Crippen LogP contribution in [0.1, 0.15) is 5.56 Å². The van der Waals surface area contributed by atoms with Gasteiger partial charge in [0, 0.05) is 10.7 Å². The van der Waals surface area contributed by atoms with Crippen LogP contribution in [-0.4, -0.2) is 20.2 Å². The average molecular weight is 304 g/mol. The van der Waals surface area contributed by atoms with E-state index in [9.17, 15) is 4.39 Å². The van der Waals surface area contributed by atoms with Gasteiger partial charge in [0.25, 0.3) is 0 Å². The van der Waals surface area contributed by atoms with Crippen molar-refractivity contribution in [2.24, 2.45) is 0 Å². The van der Waals surface area contributed by atoms with E-state index in [0.29, 0.717) is 16.4 Å². The van der Waals surface area contributed by atoms with Crippen molar-refractivity contribution in [3.05, 3.63) is 52.8 Å². The van der Waals surface area contributed by atoms with Gasteiger partial charge in [-0.1, -0.05) is 17.7 Å². The summed E-state index contributed by atoms with van der Waals surface area (Å²) in [7, 11) is 0. The van der Waals surface area contributed by atoms with Gasteiger partial charge in [0.1, 0.15) is 5.82 Å². The van der Waals surface area contributed by atoms with E-state index in [1.165, 1.54) is 10.7 Å². The Labute approximate surface area is 125 Å². The molecule has 7 heteroatoms. The van der Waals surface area contributed by atoms with Crippen LogP contribution in [-0.2, 0) is 0 Å². The maximum atomic E-state index is 14.0. The minimum absolute atomic E-state index is 0.269. The Kier molecular flexibility index (Phi) is 3.31. The first kappa shape index (κ1) is 13.5. The molecule has 106 valence electrons. The number of hydrogen-bond donors (Lipinski definition) is 1. The average Bonchev–Trinajstić information content (AvgIpc) is 2.91. The van der Waals surface area contributed by atoms with Gasteiger partial charge in [-0.05, 0) is 53.2 Å². The summed E-state index contributed by atoms with van der Waals surface area (Å²) in [5.74, 6) is -0.198. The van der Waals surface area contributed by atoms with Crippen molar-refractivity contribution >= 4 is 17.3 Å². The Morgan fingerprint density at radius 2 is 2.00 bits per heavy atom. The third kappa shape index (κ3) is 2.45. The van der Waals surface area contributed by atoms with Gasteiger partial charge in [0.15, 0.2) is 5.82 Å². The van der Waals surface area contributed by atoms with Crippen molar-refractivity contribution in [3.63, 3.8) is 0 Å². The van der Waals surface area contributed by atoms with Crippen molar-refractivity contribution in [3.8, 4) is 17.1 Å². The van der Waals surface area contributed by atoms with Gasteiger partial charge in [0.2, 0.25) is 0 Å². The SMILES string of the molecule is Cc1ccc(-n2nnnc2-c2ccc(N)cc2F)cc1Cl. The Balaban J connectivity index is 2.14. The summed E-state index contributed by atoms with van der Waals surface area (Å²) in [6, 6.07) is 9.77. The Morgan fingerprint density at radius 1 is 1.19 bits per heavy atom. The zero-order valence-corrected chi connectivity index (χ0v) is 11.8. The normalized spacial score (nSPS) is 10.8. The quantitative estimate of drug-likeness (QED) is 0.739. The minimum Gasteiger partial charge on any atom is -0.399 e. The smallest absolute Gasteiger partial charge is 0.190 e. The van der Waals surface area contributed by atoms with Gasteiger partial charge in [-0.15, -0.1) is 5.10 Å². The number of nitrogens with two attached hydrogens (primary N) is 1. The summed E-state index contributed by atoms with van der Waals surface area (Å²) in [5.41, 5.74) is 7.75. The number of anilines is 1. The van der Waals surface area contributed by atoms with Crippen LogP contribution in [0.25, 0.3) is 17.1 Å². The highest BCUT2D eigenvalue weighted by molar-refractivity contribution is 6.31. The molecule has 0 aliphatic rings. The zero-order valence-electron chi connectivity index (χ0n) is 11.1. The van der Waals surface area contributed by atoms with Crippen LogP contribution >= 0.6 is 11.6 Å². The van der Waals surface area contributed by atoms with Crippen molar-refractivity contribution in [2.45, 2.75) is 6.92 Å². The van der Waals surface area contributed by atoms with E-state index >= 15 is 0 Å². The molecule has 21 heavy (non-hydrogen) atoms. The summed E-state index contributed by atoms with van der Waals surface area (Å²) in [5, 5.41) is 12.0. The van der Waals surface area contributed by atoms with Crippen LogP contribution in [0, 0.1) is 12.7 Å². The number of halogens is 2. The van der Waals surface area contributed by atoms with E-state index in [2.05, 4.69) is 15.5 Å². The molecule has 2 aromatic carbocycles. The van der Waals surface area contributed by atoms with Gasteiger partial charge in [-0.25, -0.2) is 4.39 Å². The first-order valence-corrected chi connectivity index (χ1v) is 6.54. The molecule has 0 saturated heterocycles. The number of aromatic nitrogens is 4. The molecule has 3 aromatic rings. The monoisotopic (exact) mass is 303 g/mol. The molecule has 1 aromatic heterocycles. The topological polar surface area (TPSA) is 69.6 Å². The molecule has 0 unspecified atom stereocenters. The highest BCUT2D eigenvalue weighted by Crippen LogP contribution is 2.26. The summed E-state index contributed by atoms with van der Waals surface area (Å²) in [6.45, 7) is 1.90. The van der Waals surface area contributed by atoms with Gasteiger partial charge >= 0.3 is 0 Å². The van der Waals surface area contributed by atoms with Crippen molar-refractivity contribution in [1.82, 2.24) is 20.2 Å². The predicted molar refractivity (Wildman–Crippen MR) is 78.7 cm³/mol. The molecule has 0 aliphatic heterocycles. The molecule has 1 heterocycles. The van der Waals surface area contributed by atoms with Crippen LogP contribution in [0.2, 0.25) is 5.02 Å². The number of benzene rings is 2. The highest BCUT2D eigenvalue weighted by atomic mass is 35.5. The second-order valence-electron chi connectivity index (χ2n) is 4.59. The first-order valence-electron chi connectivity index (χ1n) is 6.16. The largest absolute Gasteiger partial charge is 0.399 e. The molecule has 5 nitrogen and oxygen atoms in total. The molecular formula is C14H11ClFN5. The Bertz CT molecular complexity index is 815. The fourth-order valence-electron chi connectivity index (χ4n) is 1.96. The molecule has 0 spiro atoms. The number of tetrazole rings is 1. The first-order chi connectivity index (χ1) is 10.1. The molecule has 0 radical (unpaired) electrons. The Morgan fingerprint density at radius 3 is 2.71 bits per heavy atom. The third-order valence-electron chi connectivity index (χ3n) is 3.10. The molecule has 3 rings (SSSR count). The summed E-state index contributed by atoms with van der Waals surface area (Å²) >= 11 is 6.11. The maximum Gasteiger partial charge on any atom is 0.190 e. The molecular weight excluding hydrogens is 293 g/mol. The van der Waals surface area contributed by atoms with Crippen LogP contribution in [0.5, 0.6) is 0 Å². The van der Waals surface area contributed by atoms with E-state index in [1.54, 1.807) is 18.2 Å². The number of aryl methyl sites for hydroxylation is 1. The van der Waals surface area contributed by atoms with E-state index in [0.717, 1.165) is 5.56 Å². The summed E-state index contributed by atoms with van der Waals surface area (Å²) in [6.07, 6.45) is 0. The summed E-state index contributed by atoms with van der Waals surface area (Å²) < 4.78 is 15.5. The molecule has 2 N–H and O–H groups in total. The minimum atomic E-state index is -0.482. The van der Waals surface area contributed by atoms with Crippen molar-refractivity contribution in [2.75, 3.05) is 5.73 Å². The predicted octanol–water partition coefficient (Wildman–Crippen LogP) is 3.01. The van der Waals surface area contributed by atoms with Crippen molar-refractivity contribution in [1.29, 1.82) is 0 Å². The van der Waals surface area contributed by atoms with E-state index in [1.807, 2.05) is 19.1 Å². The highest BCUT2D eigenvalue weighted by Gasteiger charge is 2.15. The van der Waals surface area contributed by atoms with Crippen LogP contribution in [0.3, 0.4) is 0 Å². The Hall–Kier alpha value is -2.47. The number of nitrogen functional groups attached to an aromatic ring is 1. The molecule has 0 aliphatic carbocycles. The van der Waals surface area contributed by atoms with E-state index < -0.39 is 5.82 Å². The third-order valence-corrected chi connectivity index (χ3v) is 3.51. The van der Waals surface area contributed by atoms with Crippen LogP contribution < -0.4 is 5.73 Å². The van der Waals surface area contributed by atoms with E-state index in [-0.39, 0.29) is 11.4 Å². The van der Waals surface area contributed by atoms with Gasteiger partial charge in [-0.2, -0.15) is 4.68 Å². The number of nitrogens with zero attached hydrogens (tertiary/aromatic N) is 4. The second-order valence-corrected chi connectivity index (χ2v) is 4.99. The number of rotatable bonds is 2. The van der Waals surface area contributed by atoms with Gasteiger partial charge < -0.3 is 5.73 Å². The maximum absolute atomic E-state index is 14.0. The second kappa shape index (κ2) is 5.14. The fourth-order valence-corrected chi connectivity index (χ4v) is 2.13. The lowest BCUT2D eigenvalue weighted by Gasteiger charge is -2.07. The number of hydrogen-bond acceptors (Lipinski definition) is 4. The molecule has 0 amide bonds. The fraction of sp³-hybridized carbons (Fsp3) is 0.0714. The lowest BCUT2D eigenvalue weighted by molar-refractivity contribution is 0.629. The van der Waals surface area contributed by atoms with Crippen LogP contribution in [0.15, 0.2) is 36.4 Å². The lowest BCUT2D eigenvalue weighted by Crippen LogP contribution is -2.01. The summed E-state index contributed by atoms with van der Waals surface area (Å²) in [4.78, 5) is 0. The lowest BCUT2D eigenvalue weighted by atomic mass is 10.1. The molecule has 0 bridgehead atoms. The van der Waals surface area contributed by atoms with Gasteiger partial charge in [-0.3, -0.25) is 0 Å². The van der Waals surface area contributed by atoms with Gasteiger partial charge in [0.05, 0.1) is 11.3 Å². The molecule has 0 fully saturated rings. The van der Waals surface area contributed by atoms with Crippen LogP contribution in [0.4, 0.5) is 10.1 Å². The standard InChI is InChI=1S/C14H11ClFN5/c1-8-2-4-10(7-12(8)15)21-14(18-19-20-21)11-5-3-9(17)6-13(11)16/h2-7H,17H2,1H3. The van der Waals surface area contributed by atoms with Crippen molar-refractivity contribution < 1.29 is 4.39 Å². The zero-order chi connectivity index (χ0) is 15.0. The molecule has 0 atom stereocenters. The van der Waals surface area contributed by atoms with E-state index in [4.69, 9.17) is 17.3 Å². The molecule has 0 saturated carbocycles.